The molecule has 0 atom stereocenters. The van der Waals surface area contributed by atoms with E-state index < -0.39 is 0 Å². The summed E-state index contributed by atoms with van der Waals surface area (Å²) in [6.07, 6.45) is 0. The summed E-state index contributed by atoms with van der Waals surface area (Å²) in [4.78, 5) is 3.76. The summed E-state index contributed by atoms with van der Waals surface area (Å²) in [7, 11) is 3.79. The molecule has 0 aliphatic carbocycles. The minimum atomic E-state index is 0. The number of nitrogens with zero attached hydrogens (tertiary/aromatic N) is 2. The normalized spacial score (nSPS) is 16.4. The number of hydrogen-bond donors (Lipinski definition) is 0. The molecule has 0 saturated carbocycles. The summed E-state index contributed by atoms with van der Waals surface area (Å²) in [5, 5.41) is 1.25. The van der Waals surface area contributed by atoms with E-state index in [0.29, 0.717) is 10.3 Å². The maximum absolute atomic E-state index is 5.74. The second-order valence-electron chi connectivity index (χ2n) is 2.12. The molecule has 0 spiro atoms. The minimum Gasteiger partial charge on any atom is -1.00 e. The van der Waals surface area contributed by atoms with E-state index in [2.05, 4.69) is 0 Å². The molecule has 0 aromatic carbocycles. The molecule has 1 rings (SSSR count). The molecular formula is C5H8AgCl3N2. The zero-order chi connectivity index (χ0) is 7.02. The van der Waals surface area contributed by atoms with Gasteiger partial charge in [0.25, 0.3) is 0 Å². The van der Waals surface area contributed by atoms with E-state index >= 15 is 0 Å². The van der Waals surface area contributed by atoms with Crippen LogP contribution in [0.1, 0.15) is 0 Å². The third kappa shape index (κ3) is 3.05. The van der Waals surface area contributed by atoms with E-state index in [1.807, 2.05) is 23.9 Å². The van der Waals surface area contributed by atoms with Crippen molar-refractivity contribution in [1.29, 1.82) is 0 Å². The predicted octanol–water partition coefficient (Wildman–Crippen LogP) is -1.57. The molecule has 0 unspecified atom stereocenters. The van der Waals surface area contributed by atoms with Crippen molar-refractivity contribution in [1.82, 2.24) is 9.80 Å². The summed E-state index contributed by atoms with van der Waals surface area (Å²) < 4.78 is 0. The van der Waals surface area contributed by atoms with Crippen LogP contribution >= 0.6 is 23.2 Å². The quantitative estimate of drug-likeness (QED) is 0.394. The fourth-order valence-corrected chi connectivity index (χ4v) is 1.15. The first kappa shape index (κ1) is 14.5. The number of hydrogen-bond acceptors (Lipinski definition) is 2. The Balaban J connectivity index is 0. The van der Waals surface area contributed by atoms with Crippen molar-refractivity contribution >= 4 is 23.2 Å². The van der Waals surface area contributed by atoms with Gasteiger partial charge >= 0.3 is 22.4 Å². The van der Waals surface area contributed by atoms with Crippen molar-refractivity contribution in [2.24, 2.45) is 0 Å². The Morgan fingerprint density at radius 3 is 1.45 bits per heavy atom. The van der Waals surface area contributed by atoms with Gasteiger partial charge in [-0.25, -0.2) is 0 Å². The Hall–Kier alpha value is 0.950. The zero-order valence-corrected chi connectivity index (χ0v) is 9.79. The molecule has 0 aromatic heterocycles. The molecule has 0 fully saturated rings. The SMILES string of the molecule is CN1CN(C)C(Cl)=C1Cl.[Ag+].[Cl-]. The Kier molecular flexibility index (Phi) is 7.33. The van der Waals surface area contributed by atoms with Gasteiger partial charge in [0.2, 0.25) is 0 Å². The monoisotopic (exact) mass is 308 g/mol. The minimum absolute atomic E-state index is 0. The topological polar surface area (TPSA) is 6.48 Å². The molecule has 0 radical (unpaired) electrons. The number of rotatable bonds is 0. The Morgan fingerprint density at radius 2 is 1.36 bits per heavy atom. The zero-order valence-electron chi connectivity index (χ0n) is 6.04. The van der Waals surface area contributed by atoms with Crippen LogP contribution in [0.5, 0.6) is 0 Å². The molecule has 1 aliphatic rings. The van der Waals surface area contributed by atoms with E-state index in [-0.39, 0.29) is 34.8 Å². The van der Waals surface area contributed by atoms with Crippen molar-refractivity contribution in [2.45, 2.75) is 0 Å². The average molecular weight is 310 g/mol. The van der Waals surface area contributed by atoms with Crippen molar-refractivity contribution in [3.63, 3.8) is 0 Å². The first-order chi connectivity index (χ1) is 4.13. The largest absolute Gasteiger partial charge is 1.00 e. The average Bonchev–Trinajstić information content (AvgIpc) is 1.98. The van der Waals surface area contributed by atoms with Gasteiger partial charge in [0.15, 0.2) is 0 Å². The Labute approximate surface area is 98.4 Å². The van der Waals surface area contributed by atoms with E-state index in [0.717, 1.165) is 6.67 Å². The van der Waals surface area contributed by atoms with Crippen LogP contribution in [0, 0.1) is 0 Å². The molecule has 2 nitrogen and oxygen atoms in total. The third-order valence-corrected chi connectivity index (χ3v) is 2.30. The summed E-state index contributed by atoms with van der Waals surface area (Å²) >= 11 is 11.5. The second-order valence-corrected chi connectivity index (χ2v) is 2.83. The van der Waals surface area contributed by atoms with E-state index in [1.165, 1.54) is 0 Å². The van der Waals surface area contributed by atoms with Gasteiger partial charge in [0, 0.05) is 14.1 Å². The smallest absolute Gasteiger partial charge is 1.00 e. The molecule has 0 N–H and O–H groups in total. The molecule has 1 aliphatic heterocycles. The van der Waals surface area contributed by atoms with Gasteiger partial charge in [0.05, 0.1) is 6.67 Å². The standard InChI is InChI=1S/C5H8Cl2N2.Ag.ClH/c1-8-3-9(2)5(7)4(8)6;;/h3H2,1-2H3;;1H/q;+1;/p-1. The van der Waals surface area contributed by atoms with Crippen LogP contribution in [-0.4, -0.2) is 30.6 Å². The van der Waals surface area contributed by atoms with Crippen LogP contribution < -0.4 is 12.4 Å². The molecule has 0 bridgehead atoms. The van der Waals surface area contributed by atoms with Crippen LogP contribution in [0.25, 0.3) is 0 Å². The van der Waals surface area contributed by atoms with Gasteiger partial charge < -0.3 is 22.2 Å². The molecule has 11 heavy (non-hydrogen) atoms. The summed E-state index contributed by atoms with van der Waals surface area (Å²) in [6, 6.07) is 0. The van der Waals surface area contributed by atoms with Crippen LogP contribution in [0.15, 0.2) is 10.3 Å². The first-order valence-corrected chi connectivity index (χ1v) is 3.36. The maximum Gasteiger partial charge on any atom is 1.00 e. The summed E-state index contributed by atoms with van der Waals surface area (Å²) in [5.74, 6) is 0. The third-order valence-electron chi connectivity index (χ3n) is 1.26. The Morgan fingerprint density at radius 1 is 1.09 bits per heavy atom. The second kappa shape index (κ2) is 5.57. The Bertz CT molecular complexity index is 146. The van der Waals surface area contributed by atoms with Gasteiger partial charge in [-0.3, -0.25) is 0 Å². The van der Waals surface area contributed by atoms with Crippen molar-refractivity contribution < 1.29 is 34.8 Å². The van der Waals surface area contributed by atoms with Crippen LogP contribution in [0.4, 0.5) is 0 Å². The molecular weight excluding hydrogens is 302 g/mol. The fraction of sp³-hybridized carbons (Fsp3) is 0.600. The van der Waals surface area contributed by atoms with Gasteiger partial charge in [-0.1, -0.05) is 23.2 Å². The van der Waals surface area contributed by atoms with Crippen molar-refractivity contribution in [3.8, 4) is 0 Å². The van der Waals surface area contributed by atoms with E-state index in [4.69, 9.17) is 23.2 Å². The molecule has 0 amide bonds. The molecule has 1 heterocycles. The van der Waals surface area contributed by atoms with E-state index in [1.54, 1.807) is 0 Å². The van der Waals surface area contributed by atoms with Gasteiger partial charge in [0.1, 0.15) is 10.3 Å². The molecule has 0 saturated heterocycles. The fourth-order valence-electron chi connectivity index (χ4n) is 0.757. The molecule has 70 valence electrons. The molecule has 6 heteroatoms. The summed E-state index contributed by atoms with van der Waals surface area (Å²) in [5.41, 5.74) is 0. The first-order valence-electron chi connectivity index (χ1n) is 2.60. The number of halogens is 3. The summed E-state index contributed by atoms with van der Waals surface area (Å²) in [6.45, 7) is 0.775. The van der Waals surface area contributed by atoms with Crippen LogP contribution in [-0.2, 0) is 22.4 Å². The molecule has 0 aromatic rings. The van der Waals surface area contributed by atoms with Gasteiger partial charge in [-0.05, 0) is 0 Å². The van der Waals surface area contributed by atoms with E-state index in [9.17, 15) is 0 Å². The predicted molar refractivity (Wildman–Crippen MR) is 39.1 cm³/mol. The van der Waals surface area contributed by atoms with Crippen molar-refractivity contribution in [3.05, 3.63) is 10.3 Å². The van der Waals surface area contributed by atoms with Crippen LogP contribution in [0.2, 0.25) is 0 Å². The van der Waals surface area contributed by atoms with Crippen molar-refractivity contribution in [2.75, 3.05) is 20.8 Å². The van der Waals surface area contributed by atoms with Gasteiger partial charge in [-0.15, -0.1) is 0 Å². The maximum atomic E-state index is 5.74. The van der Waals surface area contributed by atoms with Crippen LogP contribution in [0.3, 0.4) is 0 Å². The van der Waals surface area contributed by atoms with Gasteiger partial charge in [-0.2, -0.15) is 0 Å².